The number of hydrogen-bond donors (Lipinski definition) is 0. The molecule has 31 heavy (non-hydrogen) atoms. The normalized spacial score (nSPS) is 11.0. The molecule has 3 heteroatoms. The highest BCUT2D eigenvalue weighted by Gasteiger charge is 2.14. The highest BCUT2D eigenvalue weighted by atomic mass is 16.5. The zero-order valence-electron chi connectivity index (χ0n) is 18.7. The molecule has 0 unspecified atom stereocenters. The molecule has 0 aliphatic carbocycles. The molecule has 0 aliphatic heterocycles. The van der Waals surface area contributed by atoms with Gasteiger partial charge in [0.1, 0.15) is 18.1 Å². The molecular formula is C28H29NO2. The van der Waals surface area contributed by atoms with Gasteiger partial charge in [-0.15, -0.1) is 0 Å². The third-order valence-corrected chi connectivity index (χ3v) is 5.87. The number of benzene rings is 3. The molecular weight excluding hydrogens is 382 g/mol. The second-order valence-corrected chi connectivity index (χ2v) is 7.76. The van der Waals surface area contributed by atoms with Crippen LogP contribution in [0.25, 0.3) is 22.0 Å². The lowest BCUT2D eigenvalue weighted by Gasteiger charge is -2.16. The van der Waals surface area contributed by atoms with Crippen molar-refractivity contribution in [3.05, 3.63) is 89.1 Å². The number of rotatable bonds is 7. The number of nitrogens with zero attached hydrogens (tertiary/aromatic N) is 1. The van der Waals surface area contributed by atoms with E-state index in [0.29, 0.717) is 6.61 Å². The molecule has 3 aromatic carbocycles. The second-order valence-electron chi connectivity index (χ2n) is 7.76. The predicted molar refractivity (Wildman–Crippen MR) is 128 cm³/mol. The van der Waals surface area contributed by atoms with Crippen molar-refractivity contribution in [1.29, 1.82) is 0 Å². The molecule has 0 atom stereocenters. The second kappa shape index (κ2) is 9.22. The Hall–Kier alpha value is -3.33. The van der Waals surface area contributed by atoms with Crippen LogP contribution < -0.4 is 9.47 Å². The smallest absolute Gasteiger partial charge is 0.130 e. The average molecular weight is 412 g/mol. The van der Waals surface area contributed by atoms with E-state index in [1.165, 1.54) is 22.1 Å². The molecule has 1 heterocycles. The van der Waals surface area contributed by atoms with Gasteiger partial charge >= 0.3 is 0 Å². The Balaban J connectivity index is 1.68. The first kappa shape index (κ1) is 20.9. The van der Waals surface area contributed by atoms with Gasteiger partial charge < -0.3 is 9.47 Å². The molecule has 4 aromatic rings. The van der Waals surface area contributed by atoms with Gasteiger partial charge in [0.05, 0.1) is 12.8 Å². The molecule has 0 bridgehead atoms. The fraction of sp³-hybridized carbons (Fsp3) is 0.250. The van der Waals surface area contributed by atoms with E-state index in [2.05, 4.69) is 63.2 Å². The highest BCUT2D eigenvalue weighted by molar-refractivity contribution is 5.89. The SMILES string of the molecule is CCc1cccc(CC)c1-c1cc(OC)c(COc2c(C)ccc3ccccc23)cn1. The van der Waals surface area contributed by atoms with Gasteiger partial charge in [-0.05, 0) is 41.8 Å². The van der Waals surface area contributed by atoms with Crippen molar-refractivity contribution in [2.24, 2.45) is 0 Å². The minimum Gasteiger partial charge on any atom is -0.496 e. The van der Waals surface area contributed by atoms with Crippen LogP contribution in [0, 0.1) is 6.92 Å². The predicted octanol–water partition coefficient (Wildman–Crippen LogP) is 6.92. The standard InChI is InChI=1S/C28H29NO2/c1-5-20-11-9-12-21(6-2)27(20)25-16-26(30-4)23(17-29-25)18-31-28-19(3)14-15-22-10-7-8-13-24(22)28/h7-17H,5-6,18H2,1-4H3. The first-order valence-corrected chi connectivity index (χ1v) is 10.9. The Morgan fingerprint density at radius 2 is 1.58 bits per heavy atom. The average Bonchev–Trinajstić information content (AvgIpc) is 2.82. The van der Waals surface area contributed by atoms with Crippen molar-refractivity contribution in [1.82, 2.24) is 4.98 Å². The summed E-state index contributed by atoms with van der Waals surface area (Å²) in [5.74, 6) is 1.71. The number of methoxy groups -OCH3 is 1. The molecule has 0 saturated carbocycles. The summed E-state index contributed by atoms with van der Waals surface area (Å²) in [6.45, 7) is 6.85. The molecule has 0 radical (unpaired) electrons. The van der Waals surface area contributed by atoms with E-state index in [-0.39, 0.29) is 0 Å². The van der Waals surface area contributed by atoms with Crippen LogP contribution in [-0.4, -0.2) is 12.1 Å². The van der Waals surface area contributed by atoms with Crippen LogP contribution in [0.15, 0.2) is 66.9 Å². The van der Waals surface area contributed by atoms with E-state index in [9.17, 15) is 0 Å². The van der Waals surface area contributed by atoms with E-state index in [0.717, 1.165) is 46.5 Å². The molecule has 0 fully saturated rings. The lowest BCUT2D eigenvalue weighted by atomic mass is 9.94. The largest absolute Gasteiger partial charge is 0.496 e. The van der Waals surface area contributed by atoms with Crippen molar-refractivity contribution >= 4 is 10.8 Å². The summed E-state index contributed by atoms with van der Waals surface area (Å²) in [7, 11) is 1.71. The van der Waals surface area contributed by atoms with Gasteiger partial charge in [-0.1, -0.05) is 68.4 Å². The van der Waals surface area contributed by atoms with Crippen molar-refractivity contribution in [2.75, 3.05) is 7.11 Å². The Kier molecular flexibility index (Phi) is 6.22. The fourth-order valence-corrected chi connectivity index (χ4v) is 4.17. The molecule has 158 valence electrons. The van der Waals surface area contributed by atoms with Gasteiger partial charge in [-0.25, -0.2) is 0 Å². The van der Waals surface area contributed by atoms with Crippen LogP contribution in [0.1, 0.15) is 36.1 Å². The van der Waals surface area contributed by atoms with Gasteiger partial charge in [0.2, 0.25) is 0 Å². The summed E-state index contributed by atoms with van der Waals surface area (Å²) in [5, 5.41) is 2.29. The number of ether oxygens (including phenoxy) is 2. The van der Waals surface area contributed by atoms with Crippen molar-refractivity contribution in [3.8, 4) is 22.8 Å². The maximum Gasteiger partial charge on any atom is 0.130 e. The number of hydrogen-bond acceptors (Lipinski definition) is 3. The summed E-state index contributed by atoms with van der Waals surface area (Å²) in [4.78, 5) is 4.81. The van der Waals surface area contributed by atoms with Gasteiger partial charge in [0, 0.05) is 28.8 Å². The maximum atomic E-state index is 6.29. The summed E-state index contributed by atoms with van der Waals surface area (Å²) < 4.78 is 12.0. The first-order valence-electron chi connectivity index (χ1n) is 10.9. The third kappa shape index (κ3) is 4.13. The minimum absolute atomic E-state index is 0.404. The molecule has 3 nitrogen and oxygen atoms in total. The lowest BCUT2D eigenvalue weighted by Crippen LogP contribution is -2.03. The van der Waals surface area contributed by atoms with Gasteiger partial charge in [-0.3, -0.25) is 4.98 Å². The van der Waals surface area contributed by atoms with Crippen LogP contribution in [0.2, 0.25) is 0 Å². The van der Waals surface area contributed by atoms with Crippen LogP contribution in [0.3, 0.4) is 0 Å². The molecule has 0 aliphatic rings. The van der Waals surface area contributed by atoms with E-state index in [4.69, 9.17) is 14.5 Å². The Bertz CT molecular complexity index is 1190. The lowest BCUT2D eigenvalue weighted by molar-refractivity contribution is 0.297. The van der Waals surface area contributed by atoms with E-state index in [1.807, 2.05) is 24.4 Å². The Morgan fingerprint density at radius 1 is 0.839 bits per heavy atom. The summed E-state index contributed by atoms with van der Waals surface area (Å²) in [6.07, 6.45) is 3.83. The van der Waals surface area contributed by atoms with Gasteiger partial charge in [-0.2, -0.15) is 0 Å². The van der Waals surface area contributed by atoms with Crippen molar-refractivity contribution in [2.45, 2.75) is 40.2 Å². The summed E-state index contributed by atoms with van der Waals surface area (Å²) in [5.41, 5.74) is 6.85. The zero-order valence-corrected chi connectivity index (χ0v) is 18.7. The summed E-state index contributed by atoms with van der Waals surface area (Å²) in [6, 6.07) is 21.1. The maximum absolute atomic E-state index is 6.29. The van der Waals surface area contributed by atoms with Gasteiger partial charge in [0.25, 0.3) is 0 Å². The Morgan fingerprint density at radius 3 is 2.29 bits per heavy atom. The van der Waals surface area contributed by atoms with Gasteiger partial charge in [0.15, 0.2) is 0 Å². The zero-order chi connectivity index (χ0) is 21.8. The fourth-order valence-electron chi connectivity index (χ4n) is 4.17. The number of pyridine rings is 1. The number of fused-ring (bicyclic) bond motifs is 1. The highest BCUT2D eigenvalue weighted by Crippen LogP contribution is 2.33. The number of aryl methyl sites for hydroxylation is 3. The Labute approximate surface area is 184 Å². The van der Waals surface area contributed by atoms with E-state index < -0.39 is 0 Å². The van der Waals surface area contributed by atoms with Crippen LogP contribution >= 0.6 is 0 Å². The minimum atomic E-state index is 0.404. The number of aromatic nitrogens is 1. The first-order chi connectivity index (χ1) is 15.2. The van der Waals surface area contributed by atoms with Crippen molar-refractivity contribution in [3.63, 3.8) is 0 Å². The van der Waals surface area contributed by atoms with E-state index >= 15 is 0 Å². The van der Waals surface area contributed by atoms with Crippen LogP contribution in [0.5, 0.6) is 11.5 Å². The third-order valence-electron chi connectivity index (χ3n) is 5.87. The van der Waals surface area contributed by atoms with Crippen LogP contribution in [-0.2, 0) is 19.4 Å². The molecule has 0 amide bonds. The topological polar surface area (TPSA) is 31.4 Å². The van der Waals surface area contributed by atoms with Crippen molar-refractivity contribution < 1.29 is 9.47 Å². The van der Waals surface area contributed by atoms with Crippen LogP contribution in [0.4, 0.5) is 0 Å². The molecule has 0 spiro atoms. The quantitative estimate of drug-likeness (QED) is 0.331. The molecule has 4 rings (SSSR count). The monoisotopic (exact) mass is 411 g/mol. The molecule has 1 aromatic heterocycles. The molecule has 0 saturated heterocycles. The summed E-state index contributed by atoms with van der Waals surface area (Å²) >= 11 is 0. The van der Waals surface area contributed by atoms with E-state index in [1.54, 1.807) is 7.11 Å². The molecule has 0 N–H and O–H groups in total.